The van der Waals surface area contributed by atoms with E-state index in [0.29, 0.717) is 13.2 Å². The van der Waals surface area contributed by atoms with Crippen LogP contribution in [-0.2, 0) is 9.53 Å². The zero-order valence-electron chi connectivity index (χ0n) is 12.1. The average molecular weight is 276 g/mol. The van der Waals surface area contributed by atoms with E-state index < -0.39 is 6.04 Å². The third-order valence-corrected chi connectivity index (χ3v) is 3.01. The molecule has 0 heterocycles. The molecule has 1 aromatic carbocycles. The minimum absolute atomic E-state index is 0.289. The molecule has 0 bridgehead atoms. The third kappa shape index (κ3) is 4.57. The Labute approximate surface area is 118 Å². The van der Waals surface area contributed by atoms with Gasteiger partial charge in [0.2, 0.25) is 0 Å². The maximum absolute atomic E-state index is 12.0. The van der Waals surface area contributed by atoms with Crippen LogP contribution in [0.1, 0.15) is 29.7 Å². The van der Waals surface area contributed by atoms with Crippen LogP contribution in [-0.4, -0.2) is 25.7 Å². The highest BCUT2D eigenvalue weighted by Gasteiger charge is 2.21. The lowest BCUT2D eigenvalue weighted by molar-refractivity contribution is -0.145. The zero-order chi connectivity index (χ0) is 15.0. The lowest BCUT2D eigenvalue weighted by atomic mass is 10.0. The maximum atomic E-state index is 12.0. The molecular formula is C14H20N4O2. The molecule has 0 aromatic heterocycles. The topological polar surface area (TPSA) is 87.1 Å². The Morgan fingerprint density at radius 3 is 2.80 bits per heavy atom. The highest BCUT2D eigenvalue weighted by atomic mass is 16.5. The first-order valence-electron chi connectivity index (χ1n) is 6.58. The molecule has 6 heteroatoms. The molecule has 0 radical (unpaired) electrons. The zero-order valence-corrected chi connectivity index (χ0v) is 12.1. The number of carbonyl (C=O) groups is 1. The van der Waals surface area contributed by atoms with Crippen molar-refractivity contribution in [2.45, 2.75) is 26.8 Å². The van der Waals surface area contributed by atoms with Gasteiger partial charge in [0.1, 0.15) is 6.04 Å². The molecule has 0 aliphatic rings. The Balaban J connectivity index is 2.87. The van der Waals surface area contributed by atoms with Crippen LogP contribution in [0, 0.1) is 13.8 Å². The molecule has 20 heavy (non-hydrogen) atoms. The highest BCUT2D eigenvalue weighted by molar-refractivity contribution is 5.77. The number of nitrogens with one attached hydrogen (secondary N) is 1. The summed E-state index contributed by atoms with van der Waals surface area (Å²) in [4.78, 5) is 14.7. The lowest BCUT2D eigenvalue weighted by Gasteiger charge is -2.18. The molecule has 6 nitrogen and oxygen atoms in total. The van der Waals surface area contributed by atoms with Crippen LogP contribution < -0.4 is 5.32 Å². The predicted octanol–water partition coefficient (Wildman–Crippen LogP) is 2.81. The minimum atomic E-state index is -0.539. The normalized spacial score (nSPS) is 11.6. The Kier molecular flexibility index (Phi) is 6.56. The van der Waals surface area contributed by atoms with Crippen molar-refractivity contribution in [3.63, 3.8) is 0 Å². The number of carbonyl (C=O) groups excluding carboxylic acids is 1. The molecule has 1 N–H and O–H groups in total. The first-order valence-corrected chi connectivity index (χ1v) is 6.58. The molecule has 0 saturated heterocycles. The van der Waals surface area contributed by atoms with Gasteiger partial charge in [0, 0.05) is 18.0 Å². The van der Waals surface area contributed by atoms with Crippen LogP contribution in [0.5, 0.6) is 0 Å². The molecule has 0 spiro atoms. The molecule has 0 amide bonds. The van der Waals surface area contributed by atoms with Gasteiger partial charge in [0.15, 0.2) is 0 Å². The van der Waals surface area contributed by atoms with E-state index in [9.17, 15) is 4.79 Å². The van der Waals surface area contributed by atoms with Crippen molar-refractivity contribution in [1.29, 1.82) is 0 Å². The van der Waals surface area contributed by atoms with Crippen molar-refractivity contribution < 1.29 is 9.53 Å². The fourth-order valence-electron chi connectivity index (χ4n) is 1.81. The number of ether oxygens (including phenoxy) is 1. The summed E-state index contributed by atoms with van der Waals surface area (Å²) in [6.45, 7) is 6.83. The van der Waals surface area contributed by atoms with E-state index >= 15 is 0 Å². The first kappa shape index (κ1) is 16.0. The van der Waals surface area contributed by atoms with Crippen LogP contribution in [0.4, 0.5) is 0 Å². The van der Waals surface area contributed by atoms with Crippen molar-refractivity contribution >= 4 is 5.97 Å². The second-order valence-electron chi connectivity index (χ2n) is 4.44. The van der Waals surface area contributed by atoms with Gasteiger partial charge in [-0.25, -0.2) is 4.79 Å². The minimum Gasteiger partial charge on any atom is -0.465 e. The lowest BCUT2D eigenvalue weighted by Crippen LogP contribution is -2.32. The largest absolute Gasteiger partial charge is 0.465 e. The van der Waals surface area contributed by atoms with Crippen molar-refractivity contribution in [3.05, 3.63) is 45.3 Å². The third-order valence-electron chi connectivity index (χ3n) is 3.01. The van der Waals surface area contributed by atoms with Crippen molar-refractivity contribution in [2.24, 2.45) is 5.11 Å². The summed E-state index contributed by atoms with van der Waals surface area (Å²) < 4.78 is 5.08. The van der Waals surface area contributed by atoms with E-state index in [1.807, 2.05) is 32.0 Å². The van der Waals surface area contributed by atoms with E-state index in [0.717, 1.165) is 11.1 Å². The number of esters is 1. The van der Waals surface area contributed by atoms with Gasteiger partial charge in [-0.15, -0.1) is 0 Å². The Morgan fingerprint density at radius 1 is 1.45 bits per heavy atom. The van der Waals surface area contributed by atoms with E-state index in [1.54, 1.807) is 6.92 Å². The van der Waals surface area contributed by atoms with Gasteiger partial charge in [-0.1, -0.05) is 23.3 Å². The predicted molar refractivity (Wildman–Crippen MR) is 77.3 cm³/mol. The molecule has 1 aromatic rings. The van der Waals surface area contributed by atoms with Crippen LogP contribution in [0.3, 0.4) is 0 Å². The van der Waals surface area contributed by atoms with Gasteiger partial charge in [0.05, 0.1) is 6.61 Å². The monoisotopic (exact) mass is 276 g/mol. The van der Waals surface area contributed by atoms with Crippen molar-refractivity contribution in [2.75, 3.05) is 19.7 Å². The first-order chi connectivity index (χ1) is 9.60. The summed E-state index contributed by atoms with van der Waals surface area (Å²) in [5, 5.41) is 6.50. The number of hydrogen-bond acceptors (Lipinski definition) is 4. The van der Waals surface area contributed by atoms with E-state index in [4.69, 9.17) is 10.3 Å². The molecule has 0 fully saturated rings. The SMILES string of the molecule is CCOC(=O)C(NCCN=[N+]=[N-])c1ccc(C)c(C)c1. The fourth-order valence-corrected chi connectivity index (χ4v) is 1.81. The van der Waals surface area contributed by atoms with Gasteiger partial charge in [-0.3, -0.25) is 0 Å². The van der Waals surface area contributed by atoms with Crippen molar-refractivity contribution in [3.8, 4) is 0 Å². The number of nitrogens with zero attached hydrogens (tertiary/aromatic N) is 3. The standard InChI is InChI=1S/C14H20N4O2/c1-4-20-14(19)13(16-7-8-17-18-15)12-6-5-10(2)11(3)9-12/h5-6,9,13,16H,4,7-8H2,1-3H3. The van der Waals surface area contributed by atoms with Crippen LogP contribution >= 0.6 is 0 Å². The summed E-state index contributed by atoms with van der Waals surface area (Å²) in [5.74, 6) is -0.323. The molecule has 0 saturated carbocycles. The number of rotatable bonds is 7. The van der Waals surface area contributed by atoms with Gasteiger partial charge >= 0.3 is 5.97 Å². The molecule has 108 valence electrons. The van der Waals surface area contributed by atoms with Crippen LogP contribution in [0.2, 0.25) is 0 Å². The smallest absolute Gasteiger partial charge is 0.327 e. The maximum Gasteiger partial charge on any atom is 0.327 e. The van der Waals surface area contributed by atoms with E-state index in [2.05, 4.69) is 15.3 Å². The van der Waals surface area contributed by atoms with E-state index in [1.165, 1.54) is 5.56 Å². The molecule has 0 aliphatic heterocycles. The molecule has 1 rings (SSSR count). The number of hydrogen-bond donors (Lipinski definition) is 1. The van der Waals surface area contributed by atoms with Crippen molar-refractivity contribution in [1.82, 2.24) is 5.32 Å². The van der Waals surface area contributed by atoms with Gasteiger partial charge in [-0.05, 0) is 43.0 Å². The second kappa shape index (κ2) is 8.19. The molecular weight excluding hydrogens is 256 g/mol. The number of benzene rings is 1. The van der Waals surface area contributed by atoms with E-state index in [-0.39, 0.29) is 12.5 Å². The summed E-state index contributed by atoms with van der Waals surface area (Å²) >= 11 is 0. The Bertz CT molecular complexity index is 510. The van der Waals surface area contributed by atoms with Gasteiger partial charge in [-0.2, -0.15) is 0 Å². The quantitative estimate of drug-likeness (QED) is 0.273. The molecule has 0 aliphatic carbocycles. The summed E-state index contributed by atoms with van der Waals surface area (Å²) in [5.41, 5.74) is 11.4. The fraction of sp³-hybridized carbons (Fsp3) is 0.500. The number of azide groups is 1. The van der Waals surface area contributed by atoms with Gasteiger partial charge < -0.3 is 10.1 Å². The summed E-state index contributed by atoms with van der Waals surface area (Å²) in [7, 11) is 0. The summed E-state index contributed by atoms with van der Waals surface area (Å²) in [6, 6.07) is 5.32. The second-order valence-corrected chi connectivity index (χ2v) is 4.44. The average Bonchev–Trinajstić information content (AvgIpc) is 2.42. The Hall–Kier alpha value is -2.04. The highest BCUT2D eigenvalue weighted by Crippen LogP contribution is 2.18. The Morgan fingerprint density at radius 2 is 2.20 bits per heavy atom. The molecule has 1 atom stereocenters. The summed E-state index contributed by atoms with van der Waals surface area (Å²) in [6.07, 6.45) is 0. The van der Waals surface area contributed by atoms with Crippen LogP contribution in [0.25, 0.3) is 10.4 Å². The number of aryl methyl sites for hydroxylation is 2. The van der Waals surface area contributed by atoms with Gasteiger partial charge in [0.25, 0.3) is 0 Å². The van der Waals surface area contributed by atoms with Crippen LogP contribution in [0.15, 0.2) is 23.3 Å². The molecule has 1 unspecified atom stereocenters.